The number of aryl methyl sites for hydroxylation is 1. The Balaban J connectivity index is 1.86. The first-order chi connectivity index (χ1) is 10.3. The van der Waals surface area contributed by atoms with Crippen molar-refractivity contribution >= 4 is 16.8 Å². The van der Waals surface area contributed by atoms with Crippen molar-refractivity contribution in [2.24, 2.45) is 0 Å². The molecule has 0 radical (unpaired) electrons. The Morgan fingerprint density at radius 3 is 3.05 bits per heavy atom. The van der Waals surface area contributed by atoms with Crippen LogP contribution in [0.1, 0.15) is 36.5 Å². The lowest BCUT2D eigenvalue weighted by molar-refractivity contribution is 0.0697. The first-order valence-corrected chi connectivity index (χ1v) is 7.61. The van der Waals surface area contributed by atoms with Crippen molar-refractivity contribution < 1.29 is 9.53 Å². The SMILES string of the molecule is CCCn1cc(C(=O)NC2CCOCC2)c2cnccc21. The maximum atomic E-state index is 12.6. The molecule has 0 unspecified atom stereocenters. The van der Waals surface area contributed by atoms with Gasteiger partial charge < -0.3 is 14.6 Å². The smallest absolute Gasteiger partial charge is 0.253 e. The van der Waals surface area contributed by atoms with E-state index < -0.39 is 0 Å². The summed E-state index contributed by atoms with van der Waals surface area (Å²) in [6.07, 6.45) is 8.31. The van der Waals surface area contributed by atoms with E-state index in [-0.39, 0.29) is 11.9 Å². The number of carbonyl (C=O) groups excluding carboxylic acids is 1. The molecule has 0 saturated carbocycles. The standard InChI is InChI=1S/C16H21N3O2/c1-2-7-19-11-14(13-10-17-6-3-15(13)19)16(20)18-12-4-8-21-9-5-12/h3,6,10-12H,2,4-5,7-9H2,1H3,(H,18,20). The quantitative estimate of drug-likeness (QED) is 0.939. The molecule has 1 N–H and O–H groups in total. The molecule has 1 fully saturated rings. The third-order valence-electron chi connectivity index (χ3n) is 3.95. The largest absolute Gasteiger partial charge is 0.381 e. The number of hydrogen-bond acceptors (Lipinski definition) is 3. The van der Waals surface area contributed by atoms with Gasteiger partial charge in [0.05, 0.1) is 11.1 Å². The molecule has 2 aromatic heterocycles. The molecule has 0 spiro atoms. The average Bonchev–Trinajstić information content (AvgIpc) is 2.88. The summed E-state index contributed by atoms with van der Waals surface area (Å²) in [6, 6.07) is 2.18. The van der Waals surface area contributed by atoms with Gasteiger partial charge in [0.25, 0.3) is 5.91 Å². The van der Waals surface area contributed by atoms with E-state index in [4.69, 9.17) is 4.74 Å². The third kappa shape index (κ3) is 2.93. The van der Waals surface area contributed by atoms with Crippen molar-refractivity contribution in [2.75, 3.05) is 13.2 Å². The van der Waals surface area contributed by atoms with E-state index in [1.807, 2.05) is 12.3 Å². The maximum Gasteiger partial charge on any atom is 0.253 e. The third-order valence-corrected chi connectivity index (χ3v) is 3.95. The zero-order chi connectivity index (χ0) is 14.7. The molecule has 0 bridgehead atoms. The van der Waals surface area contributed by atoms with Crippen LogP contribution in [0.5, 0.6) is 0 Å². The average molecular weight is 287 g/mol. The first-order valence-electron chi connectivity index (χ1n) is 7.61. The van der Waals surface area contributed by atoms with Crippen LogP contribution in [0.2, 0.25) is 0 Å². The molecule has 5 heteroatoms. The van der Waals surface area contributed by atoms with Crippen LogP contribution in [-0.2, 0) is 11.3 Å². The number of nitrogens with zero attached hydrogens (tertiary/aromatic N) is 2. The van der Waals surface area contributed by atoms with Crippen LogP contribution in [0, 0.1) is 0 Å². The Morgan fingerprint density at radius 1 is 1.48 bits per heavy atom. The lowest BCUT2D eigenvalue weighted by atomic mass is 10.1. The van der Waals surface area contributed by atoms with E-state index >= 15 is 0 Å². The monoisotopic (exact) mass is 287 g/mol. The molecule has 0 atom stereocenters. The summed E-state index contributed by atoms with van der Waals surface area (Å²) in [5.41, 5.74) is 1.79. The summed E-state index contributed by atoms with van der Waals surface area (Å²) < 4.78 is 7.46. The number of fused-ring (bicyclic) bond motifs is 1. The van der Waals surface area contributed by atoms with Gasteiger partial charge in [0.1, 0.15) is 0 Å². The summed E-state index contributed by atoms with van der Waals surface area (Å²) in [7, 11) is 0. The summed E-state index contributed by atoms with van der Waals surface area (Å²) >= 11 is 0. The highest BCUT2D eigenvalue weighted by Crippen LogP contribution is 2.21. The summed E-state index contributed by atoms with van der Waals surface area (Å²) in [4.78, 5) is 16.7. The lowest BCUT2D eigenvalue weighted by Gasteiger charge is -2.22. The summed E-state index contributed by atoms with van der Waals surface area (Å²) in [5, 5.41) is 4.05. The van der Waals surface area contributed by atoms with E-state index in [1.165, 1.54) is 0 Å². The molecule has 1 aliphatic rings. The molecule has 21 heavy (non-hydrogen) atoms. The topological polar surface area (TPSA) is 56.2 Å². The number of nitrogens with one attached hydrogen (secondary N) is 1. The van der Waals surface area contributed by atoms with Crippen molar-refractivity contribution in [3.8, 4) is 0 Å². The van der Waals surface area contributed by atoms with Crippen LogP contribution in [0.3, 0.4) is 0 Å². The van der Waals surface area contributed by atoms with Crippen LogP contribution in [0.15, 0.2) is 24.7 Å². The Labute approximate surface area is 124 Å². The van der Waals surface area contributed by atoms with Gasteiger partial charge in [-0.1, -0.05) is 6.92 Å². The molecule has 2 aromatic rings. The second kappa shape index (κ2) is 6.26. The maximum absolute atomic E-state index is 12.6. The first kappa shape index (κ1) is 14.1. The molecule has 5 nitrogen and oxygen atoms in total. The molecular formula is C16H21N3O2. The molecule has 0 aliphatic carbocycles. The minimum absolute atomic E-state index is 0.00486. The van der Waals surface area contributed by atoms with Gasteiger partial charge in [0, 0.05) is 49.8 Å². The second-order valence-electron chi connectivity index (χ2n) is 5.49. The van der Waals surface area contributed by atoms with Gasteiger partial charge in [-0.15, -0.1) is 0 Å². The van der Waals surface area contributed by atoms with Crippen molar-refractivity contribution in [3.63, 3.8) is 0 Å². The van der Waals surface area contributed by atoms with Crippen LogP contribution in [0.25, 0.3) is 10.9 Å². The fraction of sp³-hybridized carbons (Fsp3) is 0.500. The van der Waals surface area contributed by atoms with Gasteiger partial charge >= 0.3 is 0 Å². The fourth-order valence-corrected chi connectivity index (χ4v) is 2.85. The highest BCUT2D eigenvalue weighted by molar-refractivity contribution is 6.06. The second-order valence-corrected chi connectivity index (χ2v) is 5.49. The predicted molar refractivity (Wildman–Crippen MR) is 81.3 cm³/mol. The molecule has 0 aromatic carbocycles. The predicted octanol–water partition coefficient (Wildman–Crippen LogP) is 2.36. The zero-order valence-corrected chi connectivity index (χ0v) is 12.3. The van der Waals surface area contributed by atoms with E-state index in [2.05, 4.69) is 21.8 Å². The lowest BCUT2D eigenvalue weighted by Crippen LogP contribution is -2.38. The number of carbonyl (C=O) groups is 1. The Kier molecular flexibility index (Phi) is 4.20. The van der Waals surface area contributed by atoms with E-state index in [9.17, 15) is 4.79 Å². The summed E-state index contributed by atoms with van der Waals surface area (Å²) in [6.45, 7) is 4.49. The van der Waals surface area contributed by atoms with Crippen molar-refractivity contribution in [3.05, 3.63) is 30.2 Å². The number of ether oxygens (including phenoxy) is 1. The molecule has 1 saturated heterocycles. The Hall–Kier alpha value is -1.88. The highest BCUT2D eigenvalue weighted by atomic mass is 16.5. The number of pyridine rings is 1. The van der Waals surface area contributed by atoms with Crippen LogP contribution >= 0.6 is 0 Å². The van der Waals surface area contributed by atoms with Gasteiger partial charge in [-0.2, -0.15) is 0 Å². The van der Waals surface area contributed by atoms with Crippen LogP contribution in [-0.4, -0.2) is 34.7 Å². The van der Waals surface area contributed by atoms with Gasteiger partial charge in [0.15, 0.2) is 0 Å². The molecule has 1 aliphatic heterocycles. The van der Waals surface area contributed by atoms with Gasteiger partial charge in [-0.05, 0) is 25.3 Å². The number of rotatable bonds is 4. The Bertz CT molecular complexity index is 629. The minimum atomic E-state index is -0.00486. The van der Waals surface area contributed by atoms with E-state index in [0.29, 0.717) is 0 Å². The van der Waals surface area contributed by atoms with Crippen molar-refractivity contribution in [1.29, 1.82) is 0 Å². The minimum Gasteiger partial charge on any atom is -0.381 e. The fourth-order valence-electron chi connectivity index (χ4n) is 2.85. The molecule has 112 valence electrons. The molecule has 3 rings (SSSR count). The van der Waals surface area contributed by atoms with Crippen molar-refractivity contribution in [2.45, 2.75) is 38.8 Å². The molecule has 3 heterocycles. The molecular weight excluding hydrogens is 266 g/mol. The summed E-state index contributed by atoms with van der Waals surface area (Å²) in [5.74, 6) is -0.00486. The normalized spacial score (nSPS) is 16.2. The highest BCUT2D eigenvalue weighted by Gasteiger charge is 2.20. The van der Waals surface area contributed by atoms with Crippen molar-refractivity contribution in [1.82, 2.24) is 14.9 Å². The van der Waals surface area contributed by atoms with E-state index in [0.717, 1.165) is 55.5 Å². The number of amides is 1. The van der Waals surface area contributed by atoms with Gasteiger partial charge in [0.2, 0.25) is 0 Å². The van der Waals surface area contributed by atoms with E-state index in [1.54, 1.807) is 12.4 Å². The van der Waals surface area contributed by atoms with Gasteiger partial charge in [-0.25, -0.2) is 0 Å². The van der Waals surface area contributed by atoms with Gasteiger partial charge in [-0.3, -0.25) is 9.78 Å². The number of aromatic nitrogens is 2. The Morgan fingerprint density at radius 2 is 2.29 bits per heavy atom. The van der Waals surface area contributed by atoms with Crippen LogP contribution in [0.4, 0.5) is 0 Å². The number of hydrogen-bond donors (Lipinski definition) is 1. The van der Waals surface area contributed by atoms with Crippen LogP contribution < -0.4 is 5.32 Å². The molecule has 1 amide bonds. The zero-order valence-electron chi connectivity index (χ0n) is 12.3.